The molecule has 0 aliphatic heterocycles. The lowest BCUT2D eigenvalue weighted by Crippen LogP contribution is -2.12. The highest BCUT2D eigenvalue weighted by atomic mass is 127. The molecule has 0 N–H and O–H groups in total. The summed E-state index contributed by atoms with van der Waals surface area (Å²) in [4.78, 5) is 4.21. The Kier molecular flexibility index (Phi) is 3.03. The van der Waals surface area contributed by atoms with Gasteiger partial charge in [-0.25, -0.2) is 4.98 Å². The molecule has 1 saturated carbocycles. The maximum absolute atomic E-state index is 5.79. The highest BCUT2D eigenvalue weighted by Crippen LogP contribution is 2.25. The van der Waals surface area contributed by atoms with Crippen LogP contribution in [0.4, 0.5) is 0 Å². The second-order valence-corrected chi connectivity index (χ2v) is 4.48. The first-order chi connectivity index (χ1) is 6.36. The lowest BCUT2D eigenvalue weighted by Gasteiger charge is -2.12. The fourth-order valence-electron chi connectivity index (χ4n) is 1.62. The van der Waals surface area contributed by atoms with Crippen LogP contribution in [0.2, 0.25) is 0 Å². The summed E-state index contributed by atoms with van der Waals surface area (Å²) >= 11 is 2.26. The van der Waals surface area contributed by atoms with Crippen LogP contribution in [0.25, 0.3) is 0 Å². The predicted octanol–water partition coefficient (Wildman–Crippen LogP) is 3.01. The summed E-state index contributed by atoms with van der Waals surface area (Å²) in [6, 6.07) is 3.96. The van der Waals surface area contributed by atoms with Gasteiger partial charge in [0.25, 0.3) is 0 Å². The van der Waals surface area contributed by atoms with Gasteiger partial charge in [-0.3, -0.25) is 0 Å². The van der Waals surface area contributed by atoms with Crippen molar-refractivity contribution in [3.8, 4) is 5.88 Å². The van der Waals surface area contributed by atoms with Crippen LogP contribution in [0.5, 0.6) is 5.88 Å². The van der Waals surface area contributed by atoms with Gasteiger partial charge < -0.3 is 4.74 Å². The van der Waals surface area contributed by atoms with Crippen molar-refractivity contribution >= 4 is 22.6 Å². The first-order valence-corrected chi connectivity index (χ1v) is 5.71. The number of halogens is 1. The van der Waals surface area contributed by atoms with Crippen LogP contribution >= 0.6 is 22.6 Å². The molecule has 3 heteroatoms. The van der Waals surface area contributed by atoms with Crippen LogP contribution < -0.4 is 4.74 Å². The number of hydrogen-bond acceptors (Lipinski definition) is 2. The third-order valence-corrected chi connectivity index (χ3v) is 3.13. The van der Waals surface area contributed by atoms with Gasteiger partial charge in [-0.05, 0) is 60.4 Å². The maximum atomic E-state index is 5.79. The Hall–Kier alpha value is -0.320. The molecule has 0 radical (unpaired) electrons. The number of pyridine rings is 1. The second-order valence-electron chi connectivity index (χ2n) is 3.31. The van der Waals surface area contributed by atoms with Gasteiger partial charge in [-0.2, -0.15) is 0 Å². The van der Waals surface area contributed by atoms with Crippen molar-refractivity contribution in [3.63, 3.8) is 0 Å². The summed E-state index contributed by atoms with van der Waals surface area (Å²) in [5.41, 5.74) is 0. The number of hydrogen-bond donors (Lipinski definition) is 0. The number of ether oxygens (including phenoxy) is 1. The maximum Gasteiger partial charge on any atom is 0.227 e. The van der Waals surface area contributed by atoms with Gasteiger partial charge in [-0.1, -0.05) is 0 Å². The summed E-state index contributed by atoms with van der Waals surface area (Å²) in [6.07, 6.45) is 7.16. The number of rotatable bonds is 2. The Labute approximate surface area is 91.8 Å². The van der Waals surface area contributed by atoms with Crippen LogP contribution in [-0.4, -0.2) is 11.1 Å². The van der Waals surface area contributed by atoms with Crippen molar-refractivity contribution in [3.05, 3.63) is 21.9 Å². The largest absolute Gasteiger partial charge is 0.474 e. The lowest BCUT2D eigenvalue weighted by atomic mass is 10.3. The third kappa shape index (κ3) is 2.33. The predicted molar refractivity (Wildman–Crippen MR) is 59.8 cm³/mol. The van der Waals surface area contributed by atoms with E-state index in [9.17, 15) is 0 Å². The van der Waals surface area contributed by atoms with E-state index < -0.39 is 0 Å². The molecule has 13 heavy (non-hydrogen) atoms. The second kappa shape index (κ2) is 4.26. The molecule has 0 spiro atoms. The van der Waals surface area contributed by atoms with Crippen molar-refractivity contribution in [2.24, 2.45) is 0 Å². The lowest BCUT2D eigenvalue weighted by molar-refractivity contribution is 0.200. The van der Waals surface area contributed by atoms with Gasteiger partial charge in [0.1, 0.15) is 6.10 Å². The SMILES string of the molecule is Ic1cccnc1OC1CCCC1. The van der Waals surface area contributed by atoms with E-state index in [4.69, 9.17) is 4.74 Å². The molecule has 1 aromatic heterocycles. The fourth-order valence-corrected chi connectivity index (χ4v) is 2.10. The zero-order chi connectivity index (χ0) is 9.10. The summed E-state index contributed by atoms with van der Waals surface area (Å²) < 4.78 is 6.89. The Bertz CT molecular complexity index is 284. The molecule has 2 rings (SSSR count). The van der Waals surface area contributed by atoms with E-state index in [1.54, 1.807) is 6.20 Å². The van der Waals surface area contributed by atoms with Crippen molar-refractivity contribution < 1.29 is 4.74 Å². The van der Waals surface area contributed by atoms with E-state index >= 15 is 0 Å². The molecule has 1 fully saturated rings. The van der Waals surface area contributed by atoms with Crippen molar-refractivity contribution in [2.75, 3.05) is 0 Å². The quantitative estimate of drug-likeness (QED) is 0.781. The minimum Gasteiger partial charge on any atom is -0.474 e. The molecule has 1 aliphatic rings. The molecule has 1 aliphatic carbocycles. The molecule has 2 nitrogen and oxygen atoms in total. The van der Waals surface area contributed by atoms with Crippen molar-refractivity contribution in [2.45, 2.75) is 31.8 Å². The zero-order valence-electron chi connectivity index (χ0n) is 7.37. The minimum atomic E-state index is 0.406. The molecule has 1 aromatic rings. The number of aromatic nitrogens is 1. The van der Waals surface area contributed by atoms with Gasteiger partial charge in [0.2, 0.25) is 5.88 Å². The van der Waals surface area contributed by atoms with Crippen LogP contribution in [0.3, 0.4) is 0 Å². The highest BCUT2D eigenvalue weighted by molar-refractivity contribution is 14.1. The highest BCUT2D eigenvalue weighted by Gasteiger charge is 2.17. The Balaban J connectivity index is 2.04. The molecule has 0 unspecified atom stereocenters. The molecule has 1 heterocycles. The summed E-state index contributed by atoms with van der Waals surface area (Å²) in [5.74, 6) is 0.801. The molecular formula is C10H12INO. The number of nitrogens with zero attached hydrogens (tertiary/aromatic N) is 1. The smallest absolute Gasteiger partial charge is 0.227 e. The van der Waals surface area contributed by atoms with E-state index in [2.05, 4.69) is 27.6 Å². The van der Waals surface area contributed by atoms with E-state index in [0.717, 1.165) is 9.45 Å². The van der Waals surface area contributed by atoms with Crippen molar-refractivity contribution in [1.29, 1.82) is 0 Å². The summed E-state index contributed by atoms with van der Waals surface area (Å²) in [7, 11) is 0. The molecule has 0 aromatic carbocycles. The van der Waals surface area contributed by atoms with E-state index in [-0.39, 0.29) is 0 Å². The summed E-state index contributed by atoms with van der Waals surface area (Å²) in [5, 5.41) is 0. The van der Waals surface area contributed by atoms with Crippen LogP contribution in [0.15, 0.2) is 18.3 Å². The molecule has 0 atom stereocenters. The monoisotopic (exact) mass is 289 g/mol. The molecule has 70 valence electrons. The zero-order valence-corrected chi connectivity index (χ0v) is 9.53. The molecular weight excluding hydrogens is 277 g/mol. The topological polar surface area (TPSA) is 22.1 Å². The van der Waals surface area contributed by atoms with Crippen molar-refractivity contribution in [1.82, 2.24) is 4.98 Å². The Morgan fingerprint density at radius 1 is 1.38 bits per heavy atom. The van der Waals surface area contributed by atoms with Crippen LogP contribution in [0, 0.1) is 3.57 Å². The standard InChI is InChI=1S/C10H12INO/c11-9-6-3-7-12-10(9)13-8-4-1-2-5-8/h3,6-8H,1-2,4-5H2. The molecule has 0 amide bonds. The first-order valence-electron chi connectivity index (χ1n) is 4.63. The average Bonchev–Trinajstić information content (AvgIpc) is 2.61. The Morgan fingerprint density at radius 3 is 2.85 bits per heavy atom. The summed E-state index contributed by atoms with van der Waals surface area (Å²) in [6.45, 7) is 0. The van der Waals surface area contributed by atoms with E-state index in [1.807, 2.05) is 12.1 Å². The normalized spacial score (nSPS) is 17.6. The molecule has 0 saturated heterocycles. The van der Waals surface area contributed by atoms with Gasteiger partial charge in [-0.15, -0.1) is 0 Å². The minimum absolute atomic E-state index is 0.406. The van der Waals surface area contributed by atoms with Gasteiger partial charge in [0.15, 0.2) is 0 Å². The fraction of sp³-hybridized carbons (Fsp3) is 0.500. The Morgan fingerprint density at radius 2 is 2.15 bits per heavy atom. The third-order valence-electron chi connectivity index (χ3n) is 2.31. The van der Waals surface area contributed by atoms with Gasteiger partial charge in [0, 0.05) is 6.20 Å². The van der Waals surface area contributed by atoms with Crippen LogP contribution in [-0.2, 0) is 0 Å². The van der Waals surface area contributed by atoms with Gasteiger partial charge in [0.05, 0.1) is 3.57 Å². The first kappa shape index (κ1) is 9.24. The van der Waals surface area contributed by atoms with Gasteiger partial charge >= 0.3 is 0 Å². The van der Waals surface area contributed by atoms with E-state index in [1.165, 1.54) is 25.7 Å². The van der Waals surface area contributed by atoms with Crippen LogP contribution in [0.1, 0.15) is 25.7 Å². The average molecular weight is 289 g/mol. The van der Waals surface area contributed by atoms with E-state index in [0.29, 0.717) is 6.10 Å². The molecule has 0 bridgehead atoms.